The molecule has 1 amide bonds. The van der Waals surface area contributed by atoms with Crippen LogP contribution >= 0.6 is 0 Å². The van der Waals surface area contributed by atoms with Crippen LogP contribution < -0.4 is 16.0 Å². The van der Waals surface area contributed by atoms with E-state index in [0.717, 1.165) is 0 Å². The Morgan fingerprint density at radius 1 is 1.57 bits per heavy atom. The van der Waals surface area contributed by atoms with Gasteiger partial charge in [0, 0.05) is 26.8 Å². The molecule has 0 radical (unpaired) electrons. The molecule has 0 aliphatic rings. The summed E-state index contributed by atoms with van der Waals surface area (Å²) in [4.78, 5) is 27.0. The van der Waals surface area contributed by atoms with E-state index in [4.69, 9.17) is 10.5 Å². The Morgan fingerprint density at radius 2 is 2.29 bits per heavy atom. The van der Waals surface area contributed by atoms with Crippen molar-refractivity contribution in [3.8, 4) is 0 Å². The van der Waals surface area contributed by atoms with Crippen molar-refractivity contribution in [2.45, 2.75) is 12.8 Å². The minimum Gasteiger partial charge on any atom is -0.450 e. The summed E-state index contributed by atoms with van der Waals surface area (Å²) in [6.45, 7) is 0.828. The molecular formula is C12H19N5O4. The quantitative estimate of drug-likeness (QED) is 0.439. The van der Waals surface area contributed by atoms with E-state index in [0.29, 0.717) is 26.0 Å². The number of anilines is 2. The van der Waals surface area contributed by atoms with E-state index in [9.17, 15) is 14.9 Å². The number of amides is 1. The van der Waals surface area contributed by atoms with Gasteiger partial charge >= 0.3 is 11.8 Å². The number of unbranched alkanes of at least 4 members (excludes halogenated alkanes) is 1. The number of alkyl carbamates (subject to hydrolysis) is 1. The fourth-order valence-electron chi connectivity index (χ4n) is 1.72. The molecule has 9 nitrogen and oxygen atoms in total. The highest BCUT2D eigenvalue weighted by Gasteiger charge is 2.22. The number of hydrogen-bond acceptors (Lipinski definition) is 7. The van der Waals surface area contributed by atoms with E-state index in [1.165, 1.54) is 19.3 Å². The van der Waals surface area contributed by atoms with Crippen molar-refractivity contribution in [2.75, 3.05) is 37.9 Å². The highest BCUT2D eigenvalue weighted by atomic mass is 16.6. The molecule has 0 unspecified atom stereocenters. The van der Waals surface area contributed by atoms with E-state index in [1.54, 1.807) is 11.9 Å². The lowest BCUT2D eigenvalue weighted by molar-refractivity contribution is -0.383. The van der Waals surface area contributed by atoms with Crippen LogP contribution in [-0.2, 0) is 4.74 Å². The molecule has 0 saturated heterocycles. The molecule has 1 heterocycles. The van der Waals surface area contributed by atoms with Crippen molar-refractivity contribution in [1.82, 2.24) is 10.3 Å². The van der Waals surface area contributed by atoms with Crippen LogP contribution in [0.4, 0.5) is 22.0 Å². The van der Waals surface area contributed by atoms with Crippen LogP contribution in [0.1, 0.15) is 12.8 Å². The van der Waals surface area contributed by atoms with Gasteiger partial charge in [-0.1, -0.05) is 0 Å². The smallest absolute Gasteiger partial charge is 0.406 e. The molecule has 1 aromatic heterocycles. The minimum atomic E-state index is -0.539. The summed E-state index contributed by atoms with van der Waals surface area (Å²) < 4.78 is 4.85. The van der Waals surface area contributed by atoms with Crippen molar-refractivity contribution in [3.63, 3.8) is 0 Å². The zero-order valence-electron chi connectivity index (χ0n) is 12.0. The van der Waals surface area contributed by atoms with Gasteiger partial charge in [-0.2, -0.15) is 0 Å². The topological polar surface area (TPSA) is 124 Å². The van der Waals surface area contributed by atoms with Crippen molar-refractivity contribution in [3.05, 3.63) is 22.4 Å². The van der Waals surface area contributed by atoms with Gasteiger partial charge in [0.2, 0.25) is 5.82 Å². The molecule has 3 N–H and O–H groups in total. The first-order chi connectivity index (χ1) is 9.97. The Balaban J connectivity index is 2.53. The average molecular weight is 297 g/mol. The molecule has 9 heteroatoms. The number of nitrogens with zero attached hydrogens (tertiary/aromatic N) is 3. The SMILES string of the molecule is CNC(=O)OCCCCN(C)c1nccc(N)c1[N+](=O)[O-]. The molecule has 0 aromatic carbocycles. The molecule has 116 valence electrons. The zero-order chi connectivity index (χ0) is 15.8. The predicted octanol–water partition coefficient (Wildman–Crippen LogP) is 1.14. The predicted molar refractivity (Wildman–Crippen MR) is 78.2 cm³/mol. The molecular weight excluding hydrogens is 278 g/mol. The molecule has 0 aliphatic carbocycles. The standard InChI is InChI=1S/C12H19N5O4/c1-14-12(18)21-8-4-3-7-16(2)11-10(17(19)20)9(13)5-6-15-11/h5-6H,3-4,7-8H2,1-2H3,(H2,13,15)(H,14,18). The molecule has 1 rings (SSSR count). The van der Waals surface area contributed by atoms with Crippen molar-refractivity contribution in [2.24, 2.45) is 0 Å². The van der Waals surface area contributed by atoms with E-state index in [-0.39, 0.29) is 17.2 Å². The third-order valence-corrected chi connectivity index (χ3v) is 2.81. The van der Waals surface area contributed by atoms with Gasteiger partial charge in [0.1, 0.15) is 5.69 Å². The third-order valence-electron chi connectivity index (χ3n) is 2.81. The van der Waals surface area contributed by atoms with Crippen LogP contribution in [0.15, 0.2) is 12.3 Å². The van der Waals surface area contributed by atoms with Gasteiger partial charge in [0.15, 0.2) is 0 Å². The van der Waals surface area contributed by atoms with Gasteiger partial charge in [-0.3, -0.25) is 10.1 Å². The van der Waals surface area contributed by atoms with Gasteiger partial charge in [0.05, 0.1) is 11.5 Å². The second-order valence-electron chi connectivity index (χ2n) is 4.34. The van der Waals surface area contributed by atoms with Crippen LogP contribution in [0.3, 0.4) is 0 Å². The highest BCUT2D eigenvalue weighted by molar-refractivity contribution is 5.71. The zero-order valence-corrected chi connectivity index (χ0v) is 12.0. The van der Waals surface area contributed by atoms with Crippen LogP contribution in [0, 0.1) is 10.1 Å². The van der Waals surface area contributed by atoms with Gasteiger partial charge < -0.3 is 20.7 Å². The molecule has 0 aliphatic heterocycles. The summed E-state index contributed by atoms with van der Waals surface area (Å²) in [5.74, 6) is 0.229. The van der Waals surface area contributed by atoms with Gasteiger partial charge in [-0.05, 0) is 18.9 Å². The number of nitrogens with one attached hydrogen (secondary N) is 1. The van der Waals surface area contributed by atoms with Crippen LogP contribution in [0.5, 0.6) is 0 Å². The van der Waals surface area contributed by atoms with Gasteiger partial charge in [-0.25, -0.2) is 9.78 Å². The second kappa shape index (κ2) is 7.88. The number of ether oxygens (including phenoxy) is 1. The lowest BCUT2D eigenvalue weighted by Crippen LogP contribution is -2.23. The minimum absolute atomic E-state index is 0.0831. The molecule has 0 fully saturated rings. The summed E-state index contributed by atoms with van der Waals surface area (Å²) in [6, 6.07) is 1.40. The summed E-state index contributed by atoms with van der Waals surface area (Å²) >= 11 is 0. The lowest BCUT2D eigenvalue weighted by Gasteiger charge is -2.18. The number of nitrogen functional groups attached to an aromatic ring is 1. The maximum atomic E-state index is 11.0. The first-order valence-corrected chi connectivity index (χ1v) is 6.42. The molecule has 0 saturated carbocycles. The van der Waals surface area contributed by atoms with E-state index in [2.05, 4.69) is 10.3 Å². The van der Waals surface area contributed by atoms with Crippen molar-refractivity contribution in [1.29, 1.82) is 0 Å². The van der Waals surface area contributed by atoms with E-state index < -0.39 is 11.0 Å². The maximum absolute atomic E-state index is 11.0. The van der Waals surface area contributed by atoms with E-state index in [1.807, 2.05) is 0 Å². The number of nitrogens with two attached hydrogens (primary N) is 1. The Labute approximate surface area is 122 Å². The Morgan fingerprint density at radius 3 is 2.90 bits per heavy atom. The van der Waals surface area contributed by atoms with Crippen LogP contribution in [-0.4, -0.2) is 43.2 Å². The second-order valence-corrected chi connectivity index (χ2v) is 4.34. The Hall–Kier alpha value is -2.58. The maximum Gasteiger partial charge on any atom is 0.406 e. The summed E-state index contributed by atoms with van der Waals surface area (Å²) in [5.41, 5.74) is 5.50. The van der Waals surface area contributed by atoms with Crippen molar-refractivity contribution < 1.29 is 14.5 Å². The Bertz CT molecular complexity index is 508. The Kier molecular flexibility index (Phi) is 6.18. The average Bonchev–Trinajstić information content (AvgIpc) is 2.45. The van der Waals surface area contributed by atoms with Crippen molar-refractivity contribution >= 4 is 23.3 Å². The van der Waals surface area contributed by atoms with Crippen LogP contribution in [0.2, 0.25) is 0 Å². The fraction of sp³-hybridized carbons (Fsp3) is 0.500. The first kappa shape index (κ1) is 16.5. The normalized spacial score (nSPS) is 10.0. The van der Waals surface area contributed by atoms with Gasteiger partial charge in [-0.15, -0.1) is 0 Å². The highest BCUT2D eigenvalue weighted by Crippen LogP contribution is 2.30. The number of carbonyl (C=O) groups is 1. The molecule has 21 heavy (non-hydrogen) atoms. The fourth-order valence-corrected chi connectivity index (χ4v) is 1.72. The van der Waals surface area contributed by atoms with Gasteiger partial charge in [0.25, 0.3) is 0 Å². The lowest BCUT2D eigenvalue weighted by atomic mass is 10.2. The summed E-state index contributed by atoms with van der Waals surface area (Å²) in [7, 11) is 3.19. The third kappa shape index (κ3) is 4.79. The first-order valence-electron chi connectivity index (χ1n) is 6.42. The summed E-state index contributed by atoms with van der Waals surface area (Å²) in [6.07, 6.45) is 2.30. The van der Waals surface area contributed by atoms with E-state index >= 15 is 0 Å². The summed E-state index contributed by atoms with van der Waals surface area (Å²) in [5, 5.41) is 13.4. The number of pyridine rings is 1. The monoisotopic (exact) mass is 297 g/mol. The largest absolute Gasteiger partial charge is 0.450 e. The molecule has 0 atom stereocenters. The number of aromatic nitrogens is 1. The number of carbonyl (C=O) groups excluding carboxylic acids is 1. The van der Waals surface area contributed by atoms with Crippen LogP contribution in [0.25, 0.3) is 0 Å². The molecule has 0 bridgehead atoms. The number of hydrogen-bond donors (Lipinski definition) is 2. The molecule has 1 aromatic rings. The molecule has 0 spiro atoms. The number of nitro groups is 1. The number of rotatable bonds is 7.